The molecule has 1 aromatic heterocycles. The minimum Gasteiger partial charge on any atom is -0.465 e. The molecule has 6 heteroatoms. The van der Waals surface area contributed by atoms with E-state index in [1.165, 1.54) is 11.2 Å². The molecular weight excluding hydrogens is 241 g/mol. The van der Waals surface area contributed by atoms with Crippen LogP contribution >= 0.6 is 23.2 Å². The predicted octanol–water partition coefficient (Wildman–Crippen LogP) is 1.94. The largest absolute Gasteiger partial charge is 0.465 e. The van der Waals surface area contributed by atoms with Gasteiger partial charge in [0.05, 0.1) is 12.9 Å². The second-order valence-corrected chi connectivity index (χ2v) is 4.17. The summed E-state index contributed by atoms with van der Waals surface area (Å²) in [6, 6.07) is 3.48. The van der Waals surface area contributed by atoms with Gasteiger partial charge in [0, 0.05) is 6.54 Å². The van der Waals surface area contributed by atoms with Crippen LogP contribution in [-0.2, 0) is 9.53 Å². The number of rotatable bonds is 2. The number of halogens is 2. The quantitative estimate of drug-likeness (QED) is 0.753. The maximum absolute atomic E-state index is 11.6. The van der Waals surface area contributed by atoms with Crippen molar-refractivity contribution in [2.75, 3.05) is 13.2 Å². The summed E-state index contributed by atoms with van der Waals surface area (Å²) >= 11 is 11.0. The summed E-state index contributed by atoms with van der Waals surface area (Å²) in [4.78, 5) is 12.0. The summed E-state index contributed by atoms with van der Waals surface area (Å²) < 4.78 is 10.5. The maximum Gasteiger partial charge on any atom is 0.258 e. The minimum atomic E-state index is -1.07. The first kappa shape index (κ1) is 10.8. The third kappa shape index (κ3) is 2.12. The van der Waals surface area contributed by atoms with Crippen LogP contribution in [0.4, 0.5) is 0 Å². The molecule has 1 saturated heterocycles. The zero-order valence-corrected chi connectivity index (χ0v) is 9.24. The van der Waals surface area contributed by atoms with Gasteiger partial charge in [-0.05, 0) is 12.1 Å². The zero-order valence-electron chi connectivity index (χ0n) is 7.73. The van der Waals surface area contributed by atoms with E-state index in [1.54, 1.807) is 12.1 Å². The van der Waals surface area contributed by atoms with Gasteiger partial charge in [-0.3, -0.25) is 4.79 Å². The van der Waals surface area contributed by atoms with Gasteiger partial charge in [-0.25, -0.2) is 0 Å². The van der Waals surface area contributed by atoms with Crippen LogP contribution < -0.4 is 0 Å². The molecule has 0 aromatic carbocycles. The van der Waals surface area contributed by atoms with Crippen LogP contribution in [0.3, 0.4) is 0 Å². The number of alkyl halides is 2. The van der Waals surface area contributed by atoms with Gasteiger partial charge < -0.3 is 14.1 Å². The molecule has 2 heterocycles. The monoisotopic (exact) mass is 249 g/mol. The predicted molar refractivity (Wildman–Crippen MR) is 54.6 cm³/mol. The molecule has 1 aliphatic heterocycles. The molecule has 15 heavy (non-hydrogen) atoms. The summed E-state index contributed by atoms with van der Waals surface area (Å²) in [5.74, 6) is 0.215. The highest BCUT2D eigenvalue weighted by molar-refractivity contribution is 6.53. The Morgan fingerprint density at radius 3 is 3.00 bits per heavy atom. The summed E-state index contributed by atoms with van der Waals surface area (Å²) in [6.07, 6.45) is 1.02. The van der Waals surface area contributed by atoms with Crippen LogP contribution in [0.1, 0.15) is 12.0 Å². The topological polar surface area (TPSA) is 42.7 Å². The Hall–Kier alpha value is -0.710. The van der Waals surface area contributed by atoms with E-state index in [-0.39, 0.29) is 5.91 Å². The molecule has 0 radical (unpaired) electrons. The zero-order chi connectivity index (χ0) is 10.8. The molecule has 0 aliphatic carbocycles. The summed E-state index contributed by atoms with van der Waals surface area (Å²) in [6.45, 7) is 0.928. The average molecular weight is 250 g/mol. The molecule has 1 fully saturated rings. The fraction of sp³-hybridized carbons (Fsp3) is 0.444. The lowest BCUT2D eigenvalue weighted by molar-refractivity contribution is -0.135. The van der Waals surface area contributed by atoms with Crippen molar-refractivity contribution in [1.29, 1.82) is 0 Å². The first-order valence-corrected chi connectivity index (χ1v) is 5.31. The normalized spacial score (nSPS) is 21.3. The number of nitrogens with zero attached hydrogens (tertiary/aromatic N) is 1. The third-order valence-corrected chi connectivity index (χ3v) is 2.52. The van der Waals surface area contributed by atoms with Gasteiger partial charge in [0.25, 0.3) is 5.91 Å². The highest BCUT2D eigenvalue weighted by Crippen LogP contribution is 2.28. The van der Waals surface area contributed by atoms with Crippen LogP contribution in [0.25, 0.3) is 0 Å². The van der Waals surface area contributed by atoms with E-state index >= 15 is 0 Å². The van der Waals surface area contributed by atoms with Crippen LogP contribution in [0, 0.1) is 0 Å². The lowest BCUT2D eigenvalue weighted by atomic mass is 10.3. The Kier molecular flexibility index (Phi) is 3.19. The standard InChI is InChI=1S/C9H9Cl2NO3/c10-7(11)8(13)12-3-5-15-9(12)6-2-1-4-14-6/h1-2,4,7,9H,3,5H2. The second-order valence-electron chi connectivity index (χ2n) is 3.07. The number of hydrogen-bond acceptors (Lipinski definition) is 3. The van der Waals surface area contributed by atoms with Crippen LogP contribution in [0.5, 0.6) is 0 Å². The van der Waals surface area contributed by atoms with Crippen molar-refractivity contribution in [3.63, 3.8) is 0 Å². The molecule has 0 saturated carbocycles. The van der Waals surface area contributed by atoms with Gasteiger partial charge in [-0.2, -0.15) is 0 Å². The molecule has 0 spiro atoms. The fourth-order valence-electron chi connectivity index (χ4n) is 1.49. The molecule has 1 atom stereocenters. The highest BCUT2D eigenvalue weighted by Gasteiger charge is 2.34. The molecule has 82 valence electrons. The third-order valence-electron chi connectivity index (χ3n) is 2.15. The van der Waals surface area contributed by atoms with Gasteiger partial charge in [-0.15, -0.1) is 0 Å². The highest BCUT2D eigenvalue weighted by atomic mass is 35.5. The summed E-state index contributed by atoms with van der Waals surface area (Å²) in [7, 11) is 0. The number of ether oxygens (including phenoxy) is 1. The Labute approximate surface area is 96.7 Å². The van der Waals surface area contributed by atoms with Crippen molar-refractivity contribution in [3.05, 3.63) is 24.2 Å². The molecule has 4 nitrogen and oxygen atoms in total. The minimum absolute atomic E-state index is 0.364. The molecule has 1 amide bonds. The number of carbonyl (C=O) groups excluding carboxylic acids is 1. The van der Waals surface area contributed by atoms with Crippen LogP contribution in [-0.4, -0.2) is 28.8 Å². The van der Waals surface area contributed by atoms with E-state index in [1.807, 2.05) is 0 Å². The maximum atomic E-state index is 11.6. The van der Waals surface area contributed by atoms with E-state index < -0.39 is 11.1 Å². The molecule has 1 aliphatic rings. The number of carbonyl (C=O) groups is 1. The SMILES string of the molecule is O=C(C(Cl)Cl)N1CCOC1c1ccco1. The van der Waals surface area contributed by atoms with E-state index in [4.69, 9.17) is 32.4 Å². The van der Waals surface area contributed by atoms with Gasteiger partial charge in [-0.1, -0.05) is 23.2 Å². The molecular formula is C9H9Cl2NO3. The second kappa shape index (κ2) is 4.43. The average Bonchev–Trinajstić information content (AvgIpc) is 2.86. The Morgan fingerprint density at radius 1 is 1.60 bits per heavy atom. The van der Waals surface area contributed by atoms with E-state index in [2.05, 4.69) is 0 Å². The van der Waals surface area contributed by atoms with Crippen LogP contribution in [0.15, 0.2) is 22.8 Å². The van der Waals surface area contributed by atoms with Crippen molar-refractivity contribution in [2.24, 2.45) is 0 Å². The smallest absolute Gasteiger partial charge is 0.258 e. The Balaban J connectivity index is 2.15. The van der Waals surface area contributed by atoms with E-state index in [9.17, 15) is 4.79 Å². The molecule has 0 bridgehead atoms. The van der Waals surface area contributed by atoms with Crippen molar-refractivity contribution < 1.29 is 13.9 Å². The summed E-state index contributed by atoms with van der Waals surface area (Å²) in [5.41, 5.74) is 0. The molecule has 2 rings (SSSR count). The Morgan fingerprint density at radius 2 is 2.40 bits per heavy atom. The number of furan rings is 1. The van der Waals surface area contributed by atoms with Gasteiger partial charge in [0.15, 0.2) is 16.8 Å². The number of hydrogen-bond donors (Lipinski definition) is 0. The Bertz CT molecular complexity index is 339. The van der Waals surface area contributed by atoms with Crippen LogP contribution in [0.2, 0.25) is 0 Å². The van der Waals surface area contributed by atoms with E-state index in [0.29, 0.717) is 18.9 Å². The lowest BCUT2D eigenvalue weighted by Gasteiger charge is -2.21. The van der Waals surface area contributed by atoms with Gasteiger partial charge in [0.1, 0.15) is 0 Å². The van der Waals surface area contributed by atoms with Crippen molar-refractivity contribution >= 4 is 29.1 Å². The van der Waals surface area contributed by atoms with Crippen molar-refractivity contribution in [3.8, 4) is 0 Å². The molecule has 1 unspecified atom stereocenters. The lowest BCUT2D eigenvalue weighted by Crippen LogP contribution is -2.34. The fourth-order valence-corrected chi connectivity index (χ4v) is 1.74. The first-order chi connectivity index (χ1) is 7.20. The van der Waals surface area contributed by atoms with E-state index in [0.717, 1.165) is 0 Å². The molecule has 0 N–H and O–H groups in total. The van der Waals surface area contributed by atoms with Crippen molar-refractivity contribution in [1.82, 2.24) is 4.90 Å². The first-order valence-electron chi connectivity index (χ1n) is 4.44. The number of amides is 1. The van der Waals surface area contributed by atoms with Gasteiger partial charge >= 0.3 is 0 Å². The summed E-state index contributed by atoms with van der Waals surface area (Å²) in [5, 5.41) is 0. The van der Waals surface area contributed by atoms with Crippen molar-refractivity contribution in [2.45, 2.75) is 11.1 Å². The van der Waals surface area contributed by atoms with Gasteiger partial charge in [0.2, 0.25) is 0 Å². The molecule has 1 aromatic rings.